The maximum atomic E-state index is 12.4. The molecule has 2 N–H and O–H groups in total. The van der Waals surface area contributed by atoms with Gasteiger partial charge in [-0.2, -0.15) is 5.10 Å². The molecule has 0 unspecified atom stereocenters. The van der Waals surface area contributed by atoms with Gasteiger partial charge in [0.1, 0.15) is 11.2 Å². The minimum Gasteiger partial charge on any atom is -0.501 e. The van der Waals surface area contributed by atoms with Crippen LogP contribution in [0.3, 0.4) is 0 Å². The van der Waals surface area contributed by atoms with Crippen molar-refractivity contribution in [3.05, 3.63) is 56.1 Å². The summed E-state index contributed by atoms with van der Waals surface area (Å²) in [5.74, 6) is 0.340. The Hall–Kier alpha value is -2.51. The van der Waals surface area contributed by atoms with E-state index < -0.39 is 0 Å². The van der Waals surface area contributed by atoms with Crippen molar-refractivity contribution in [2.24, 2.45) is 7.05 Å². The second kappa shape index (κ2) is 7.80. The van der Waals surface area contributed by atoms with Gasteiger partial charge in [-0.25, -0.2) is 4.98 Å². The Balaban J connectivity index is 1.90. The number of aromatic nitrogens is 4. The van der Waals surface area contributed by atoms with Crippen LogP contribution in [0, 0.1) is 0 Å². The smallest absolute Gasteiger partial charge is 0.278 e. The van der Waals surface area contributed by atoms with Crippen molar-refractivity contribution in [3.63, 3.8) is 0 Å². The zero-order chi connectivity index (χ0) is 18.7. The molecule has 0 fully saturated rings. The Bertz CT molecular complexity index is 1030. The maximum absolute atomic E-state index is 12.4. The number of aromatic amines is 1. The van der Waals surface area contributed by atoms with Crippen LogP contribution in [0.15, 0.2) is 29.3 Å². The van der Waals surface area contributed by atoms with Crippen molar-refractivity contribution in [2.45, 2.75) is 13.5 Å². The third-order valence-corrected chi connectivity index (χ3v) is 4.39. The largest absolute Gasteiger partial charge is 0.501 e. The lowest BCUT2D eigenvalue weighted by Gasteiger charge is -2.07. The number of hydrogen-bond donors (Lipinski definition) is 2. The highest BCUT2D eigenvalue weighted by Crippen LogP contribution is 2.23. The van der Waals surface area contributed by atoms with Crippen LogP contribution < -0.4 is 10.9 Å². The molecule has 1 aromatic carbocycles. The number of halogens is 2. The summed E-state index contributed by atoms with van der Waals surface area (Å²) in [7, 11) is 1.69. The molecule has 2 aromatic heterocycles. The fraction of sp³-hybridized carbons (Fsp3) is 0.235. The van der Waals surface area contributed by atoms with E-state index in [1.165, 1.54) is 10.9 Å². The number of anilines is 1. The van der Waals surface area contributed by atoms with Crippen molar-refractivity contribution in [2.75, 3.05) is 11.9 Å². The molecule has 0 aliphatic heterocycles. The Kier molecular flexibility index (Phi) is 5.49. The van der Waals surface area contributed by atoms with Gasteiger partial charge in [-0.3, -0.25) is 14.5 Å². The van der Waals surface area contributed by atoms with Gasteiger partial charge in [0.15, 0.2) is 5.52 Å². The van der Waals surface area contributed by atoms with Gasteiger partial charge in [0, 0.05) is 19.7 Å². The van der Waals surface area contributed by atoms with Crippen molar-refractivity contribution in [1.29, 1.82) is 0 Å². The number of hydrogen-bond acceptors (Lipinski definition) is 5. The van der Waals surface area contributed by atoms with Gasteiger partial charge < -0.3 is 10.1 Å². The number of aryl methyl sites for hydroxylation is 1. The lowest BCUT2D eigenvalue weighted by Crippen LogP contribution is -2.15. The molecule has 0 saturated heterocycles. The maximum Gasteiger partial charge on any atom is 0.278 e. The van der Waals surface area contributed by atoms with Crippen LogP contribution in [0.25, 0.3) is 17.1 Å². The van der Waals surface area contributed by atoms with Gasteiger partial charge in [-0.15, -0.1) is 0 Å². The summed E-state index contributed by atoms with van der Waals surface area (Å²) in [6, 6.07) is 5.32. The van der Waals surface area contributed by atoms with Crippen molar-refractivity contribution >= 4 is 46.3 Å². The van der Waals surface area contributed by atoms with E-state index in [0.29, 0.717) is 45.9 Å². The normalized spacial score (nSPS) is 11.4. The molecule has 0 saturated carbocycles. The third kappa shape index (κ3) is 3.84. The zero-order valence-corrected chi connectivity index (χ0v) is 15.7. The van der Waals surface area contributed by atoms with E-state index >= 15 is 0 Å². The van der Waals surface area contributed by atoms with Gasteiger partial charge >= 0.3 is 0 Å². The summed E-state index contributed by atoms with van der Waals surface area (Å²) in [6.07, 6.45) is 3.22. The van der Waals surface area contributed by atoms with Gasteiger partial charge in [0.2, 0.25) is 5.95 Å². The molecule has 0 amide bonds. The van der Waals surface area contributed by atoms with Crippen molar-refractivity contribution in [3.8, 4) is 0 Å². The molecule has 2 heterocycles. The van der Waals surface area contributed by atoms with Gasteiger partial charge in [-0.05, 0) is 24.6 Å². The predicted molar refractivity (Wildman–Crippen MR) is 104 cm³/mol. The Morgan fingerprint density at radius 3 is 2.88 bits per heavy atom. The molecule has 3 aromatic rings. The van der Waals surface area contributed by atoms with Crippen LogP contribution in [0.1, 0.15) is 18.2 Å². The molecule has 0 radical (unpaired) electrons. The first-order chi connectivity index (χ1) is 12.5. The van der Waals surface area contributed by atoms with E-state index in [4.69, 9.17) is 27.9 Å². The summed E-state index contributed by atoms with van der Waals surface area (Å²) in [6.45, 7) is 2.86. The average molecular weight is 394 g/mol. The summed E-state index contributed by atoms with van der Waals surface area (Å²) in [5, 5.41) is 8.36. The van der Waals surface area contributed by atoms with Crippen LogP contribution in [0.5, 0.6) is 0 Å². The van der Waals surface area contributed by atoms with E-state index in [1.807, 2.05) is 13.0 Å². The van der Waals surface area contributed by atoms with Crippen LogP contribution in [0.4, 0.5) is 5.95 Å². The standard InChI is InChI=1S/C17H17Cl2N5O2/c1-3-26-7-6-13-14-15(24(2)23-13)16(25)22-17(21-14)20-9-10-4-5-11(18)12(19)8-10/h4-8H,3,9H2,1-2H3,(H2,20,21,22,25)/b7-6+. The first-order valence-corrected chi connectivity index (χ1v) is 8.68. The summed E-state index contributed by atoms with van der Waals surface area (Å²) < 4.78 is 6.70. The second-order valence-corrected chi connectivity index (χ2v) is 6.30. The monoisotopic (exact) mass is 393 g/mol. The molecule has 26 heavy (non-hydrogen) atoms. The first kappa shape index (κ1) is 18.3. The topological polar surface area (TPSA) is 84.8 Å². The fourth-order valence-electron chi connectivity index (χ4n) is 2.44. The molecule has 7 nitrogen and oxygen atoms in total. The SMILES string of the molecule is CCO/C=C/c1nn(C)c2c(=O)[nH]c(NCc3ccc(Cl)c(Cl)c3)nc12. The molecule has 0 aliphatic rings. The van der Waals surface area contributed by atoms with Gasteiger partial charge in [0.25, 0.3) is 5.56 Å². The van der Waals surface area contributed by atoms with Crippen LogP contribution in [-0.2, 0) is 18.3 Å². The van der Waals surface area contributed by atoms with Gasteiger partial charge in [-0.1, -0.05) is 29.3 Å². The highest BCUT2D eigenvalue weighted by atomic mass is 35.5. The number of fused-ring (bicyclic) bond motifs is 1. The number of H-pyrrole nitrogens is 1. The Labute approximate surface area is 159 Å². The fourth-order valence-corrected chi connectivity index (χ4v) is 2.77. The van der Waals surface area contributed by atoms with Crippen molar-refractivity contribution < 1.29 is 4.74 Å². The molecule has 0 spiro atoms. The molecule has 9 heteroatoms. The van der Waals surface area contributed by atoms with E-state index in [0.717, 1.165) is 5.56 Å². The van der Waals surface area contributed by atoms with Crippen LogP contribution in [-0.4, -0.2) is 26.4 Å². The van der Waals surface area contributed by atoms with E-state index in [1.54, 1.807) is 25.3 Å². The molecular formula is C17H17Cl2N5O2. The lowest BCUT2D eigenvalue weighted by atomic mass is 10.2. The number of nitrogens with one attached hydrogen (secondary N) is 2. The molecule has 0 bridgehead atoms. The quantitative estimate of drug-likeness (QED) is 0.625. The Morgan fingerprint density at radius 2 is 2.15 bits per heavy atom. The van der Waals surface area contributed by atoms with Crippen LogP contribution in [0.2, 0.25) is 10.0 Å². The highest BCUT2D eigenvalue weighted by Gasteiger charge is 2.13. The minimum absolute atomic E-state index is 0.280. The predicted octanol–water partition coefficient (Wildman–Crippen LogP) is 3.58. The first-order valence-electron chi connectivity index (χ1n) is 7.92. The average Bonchev–Trinajstić information content (AvgIpc) is 2.92. The minimum atomic E-state index is -0.280. The number of rotatable bonds is 6. The van der Waals surface area contributed by atoms with Crippen LogP contribution >= 0.6 is 23.2 Å². The number of ether oxygens (including phenoxy) is 1. The number of nitrogens with zero attached hydrogens (tertiary/aromatic N) is 3. The summed E-state index contributed by atoms with van der Waals surface area (Å²) >= 11 is 11.9. The number of benzene rings is 1. The second-order valence-electron chi connectivity index (χ2n) is 5.48. The molecule has 3 rings (SSSR count). The molecule has 0 atom stereocenters. The molecular weight excluding hydrogens is 377 g/mol. The highest BCUT2D eigenvalue weighted by molar-refractivity contribution is 6.42. The third-order valence-electron chi connectivity index (χ3n) is 3.65. The zero-order valence-electron chi connectivity index (χ0n) is 14.2. The van der Waals surface area contributed by atoms with E-state index in [9.17, 15) is 4.79 Å². The Morgan fingerprint density at radius 1 is 1.35 bits per heavy atom. The van der Waals surface area contributed by atoms with E-state index in [-0.39, 0.29) is 5.56 Å². The lowest BCUT2D eigenvalue weighted by molar-refractivity contribution is 0.272. The molecule has 136 valence electrons. The summed E-state index contributed by atoms with van der Waals surface area (Å²) in [5.41, 5.74) is 2.06. The molecule has 0 aliphatic carbocycles. The summed E-state index contributed by atoms with van der Waals surface area (Å²) in [4.78, 5) is 19.6. The van der Waals surface area contributed by atoms with E-state index in [2.05, 4.69) is 20.4 Å². The van der Waals surface area contributed by atoms with Gasteiger partial charge in [0.05, 0.1) is 22.9 Å². The van der Waals surface area contributed by atoms with Crippen molar-refractivity contribution in [1.82, 2.24) is 19.7 Å².